The molecule has 1 atom stereocenters. The number of fused-ring (bicyclic) bond motifs is 1. The first-order chi connectivity index (χ1) is 17.9. The van der Waals surface area contributed by atoms with E-state index in [2.05, 4.69) is 15.6 Å². The maximum atomic E-state index is 13.1. The molecule has 4 amide bonds. The molecule has 10 heteroatoms. The smallest absolute Gasteiger partial charge is 0.412 e. The number of aromatic nitrogens is 1. The van der Waals surface area contributed by atoms with Crippen molar-refractivity contribution >= 4 is 29.5 Å². The van der Waals surface area contributed by atoms with Crippen molar-refractivity contribution in [3.05, 3.63) is 77.5 Å². The lowest BCUT2D eigenvalue weighted by Gasteiger charge is -2.29. The van der Waals surface area contributed by atoms with Crippen molar-refractivity contribution in [1.29, 1.82) is 0 Å². The number of carbonyl (C=O) groups is 4. The third-order valence-corrected chi connectivity index (χ3v) is 6.34. The second kappa shape index (κ2) is 10.1. The molecule has 5 rings (SSSR count). The molecule has 0 radical (unpaired) electrons. The molecule has 1 aromatic heterocycles. The normalized spacial score (nSPS) is 16.7. The zero-order chi connectivity index (χ0) is 25.9. The van der Waals surface area contributed by atoms with E-state index in [4.69, 9.17) is 9.47 Å². The van der Waals surface area contributed by atoms with Crippen molar-refractivity contribution in [3.8, 4) is 17.0 Å². The predicted octanol–water partition coefficient (Wildman–Crippen LogP) is 3.27. The molecule has 3 aromatic rings. The van der Waals surface area contributed by atoms with Gasteiger partial charge in [0.1, 0.15) is 18.4 Å². The van der Waals surface area contributed by atoms with E-state index in [1.807, 2.05) is 30.3 Å². The summed E-state index contributed by atoms with van der Waals surface area (Å²) in [5, 5.41) is 4.92. The van der Waals surface area contributed by atoms with Gasteiger partial charge in [0, 0.05) is 23.1 Å². The molecular weight excluding hydrogens is 476 g/mol. The summed E-state index contributed by atoms with van der Waals surface area (Å²) in [6.45, 7) is 0.0912. The Bertz CT molecular complexity index is 1370. The lowest BCUT2D eigenvalue weighted by atomic mass is 10.0. The number of carbonyl (C=O) groups excluding carboxylic acids is 4. The molecule has 188 valence electrons. The van der Waals surface area contributed by atoms with Crippen molar-refractivity contribution in [3.63, 3.8) is 0 Å². The molecule has 2 aliphatic rings. The number of piperidine rings is 1. The summed E-state index contributed by atoms with van der Waals surface area (Å²) in [6.07, 6.45) is 1.31. The Balaban J connectivity index is 1.23. The van der Waals surface area contributed by atoms with Crippen molar-refractivity contribution < 1.29 is 28.7 Å². The summed E-state index contributed by atoms with van der Waals surface area (Å²) in [7, 11) is 1.48. The topological polar surface area (TPSA) is 127 Å². The number of ether oxygens (including phenoxy) is 2. The Morgan fingerprint density at radius 2 is 1.95 bits per heavy atom. The standard InChI is InChI=1S/C27H24N4O6/c1-36-23-12-16(11-19-20(23)14-31(26(19)34)22-9-10-24(32)30-25(22)33)15-37-27(35)29-18-7-8-21(28-13-18)17-5-3-2-4-6-17/h2-8,11-13,22H,9-10,14-15H2,1H3,(H,29,35)(H,30,32,33). The van der Waals surface area contributed by atoms with E-state index in [1.165, 1.54) is 12.0 Å². The molecule has 1 saturated heterocycles. The molecule has 2 aromatic carbocycles. The third-order valence-electron chi connectivity index (χ3n) is 6.34. The van der Waals surface area contributed by atoms with Gasteiger partial charge in [-0.3, -0.25) is 30.0 Å². The number of nitrogens with zero attached hydrogens (tertiary/aromatic N) is 2. The highest BCUT2D eigenvalue weighted by Gasteiger charge is 2.40. The third kappa shape index (κ3) is 4.99. The molecule has 0 spiro atoms. The zero-order valence-electron chi connectivity index (χ0n) is 20.0. The highest BCUT2D eigenvalue weighted by molar-refractivity contribution is 6.05. The molecule has 37 heavy (non-hydrogen) atoms. The van der Waals surface area contributed by atoms with E-state index in [-0.39, 0.29) is 37.8 Å². The van der Waals surface area contributed by atoms with Gasteiger partial charge >= 0.3 is 6.09 Å². The number of benzene rings is 2. The van der Waals surface area contributed by atoms with Crippen LogP contribution >= 0.6 is 0 Å². The van der Waals surface area contributed by atoms with Crippen LogP contribution in [0.3, 0.4) is 0 Å². The van der Waals surface area contributed by atoms with Crippen LogP contribution in [-0.2, 0) is 27.5 Å². The molecule has 2 aliphatic heterocycles. The quantitative estimate of drug-likeness (QED) is 0.498. The number of methoxy groups -OCH3 is 1. The molecule has 0 bridgehead atoms. The summed E-state index contributed by atoms with van der Waals surface area (Å²) < 4.78 is 10.8. The van der Waals surface area contributed by atoms with Crippen LogP contribution < -0.4 is 15.4 Å². The van der Waals surface area contributed by atoms with Gasteiger partial charge in [0.2, 0.25) is 11.8 Å². The van der Waals surface area contributed by atoms with Gasteiger partial charge in [-0.25, -0.2) is 4.79 Å². The van der Waals surface area contributed by atoms with Crippen molar-refractivity contribution in [2.75, 3.05) is 12.4 Å². The second-order valence-corrected chi connectivity index (χ2v) is 8.72. The predicted molar refractivity (Wildman–Crippen MR) is 133 cm³/mol. The molecule has 2 N–H and O–H groups in total. The Morgan fingerprint density at radius 1 is 1.14 bits per heavy atom. The van der Waals surface area contributed by atoms with Crippen LogP contribution in [0.5, 0.6) is 5.75 Å². The molecule has 0 aliphatic carbocycles. The first-order valence-electron chi connectivity index (χ1n) is 11.7. The van der Waals surface area contributed by atoms with Crippen LogP contribution in [0.25, 0.3) is 11.3 Å². The minimum Gasteiger partial charge on any atom is -0.496 e. The van der Waals surface area contributed by atoms with Crippen molar-refractivity contribution in [1.82, 2.24) is 15.2 Å². The largest absolute Gasteiger partial charge is 0.496 e. The lowest BCUT2D eigenvalue weighted by molar-refractivity contribution is -0.136. The Hall–Kier alpha value is -4.73. The van der Waals surface area contributed by atoms with Gasteiger partial charge in [-0.05, 0) is 36.2 Å². The number of rotatable bonds is 6. The summed E-state index contributed by atoms with van der Waals surface area (Å²) >= 11 is 0. The molecule has 1 unspecified atom stereocenters. The molecule has 3 heterocycles. The highest BCUT2D eigenvalue weighted by atomic mass is 16.5. The van der Waals surface area contributed by atoms with Gasteiger partial charge in [0.05, 0.1) is 31.2 Å². The average Bonchev–Trinajstić information content (AvgIpc) is 3.24. The summed E-state index contributed by atoms with van der Waals surface area (Å²) in [5.41, 5.74) is 3.81. The highest BCUT2D eigenvalue weighted by Crippen LogP contribution is 2.35. The minimum atomic E-state index is -0.727. The van der Waals surface area contributed by atoms with Gasteiger partial charge in [-0.15, -0.1) is 0 Å². The SMILES string of the molecule is COc1cc(COC(=O)Nc2ccc(-c3ccccc3)nc2)cc2c1CN(C1CCC(=O)NC1=O)C2=O. The van der Waals surface area contributed by atoms with Crippen LogP contribution in [0.4, 0.5) is 10.5 Å². The number of amides is 4. The van der Waals surface area contributed by atoms with E-state index in [1.54, 1.807) is 30.5 Å². The first kappa shape index (κ1) is 24.0. The van der Waals surface area contributed by atoms with Gasteiger partial charge in [-0.2, -0.15) is 0 Å². The Morgan fingerprint density at radius 3 is 2.65 bits per heavy atom. The maximum Gasteiger partial charge on any atom is 0.412 e. The maximum absolute atomic E-state index is 13.1. The first-order valence-corrected chi connectivity index (χ1v) is 11.7. The van der Waals surface area contributed by atoms with Crippen LogP contribution in [-0.4, -0.2) is 46.9 Å². The van der Waals surface area contributed by atoms with Gasteiger partial charge in [-0.1, -0.05) is 30.3 Å². The summed E-state index contributed by atoms with van der Waals surface area (Å²) in [4.78, 5) is 55.1. The van der Waals surface area contributed by atoms with Crippen molar-refractivity contribution in [2.24, 2.45) is 0 Å². The van der Waals surface area contributed by atoms with Crippen LogP contribution in [0, 0.1) is 0 Å². The number of nitrogens with one attached hydrogen (secondary N) is 2. The molecule has 0 saturated carbocycles. The lowest BCUT2D eigenvalue weighted by Crippen LogP contribution is -2.52. The monoisotopic (exact) mass is 500 g/mol. The summed E-state index contributed by atoms with van der Waals surface area (Å²) in [5.74, 6) is -0.703. The van der Waals surface area contributed by atoms with E-state index < -0.39 is 18.0 Å². The van der Waals surface area contributed by atoms with E-state index in [0.717, 1.165) is 11.3 Å². The fraction of sp³-hybridized carbons (Fsp3) is 0.222. The van der Waals surface area contributed by atoms with E-state index in [9.17, 15) is 19.2 Å². The van der Waals surface area contributed by atoms with Gasteiger partial charge < -0.3 is 14.4 Å². The van der Waals surface area contributed by atoms with E-state index >= 15 is 0 Å². The number of hydrogen-bond acceptors (Lipinski definition) is 7. The van der Waals surface area contributed by atoms with E-state index in [0.29, 0.717) is 28.1 Å². The number of hydrogen-bond donors (Lipinski definition) is 2. The minimum absolute atomic E-state index is 0.100. The van der Waals surface area contributed by atoms with Gasteiger partial charge in [0.15, 0.2) is 0 Å². The van der Waals surface area contributed by atoms with Crippen LogP contribution in [0.15, 0.2) is 60.8 Å². The Labute approximate surface area is 212 Å². The molecule has 1 fully saturated rings. The Kier molecular flexibility index (Phi) is 6.55. The van der Waals surface area contributed by atoms with Crippen LogP contribution in [0.1, 0.15) is 34.3 Å². The number of imide groups is 1. The van der Waals surface area contributed by atoms with Gasteiger partial charge in [0.25, 0.3) is 5.91 Å². The number of pyridine rings is 1. The molecular formula is C27H24N4O6. The number of anilines is 1. The summed E-state index contributed by atoms with van der Waals surface area (Å²) in [6, 6.07) is 15.8. The fourth-order valence-electron chi connectivity index (χ4n) is 4.50. The van der Waals surface area contributed by atoms with Crippen LogP contribution in [0.2, 0.25) is 0 Å². The van der Waals surface area contributed by atoms with Crippen molar-refractivity contribution in [2.45, 2.75) is 32.0 Å². The fourth-order valence-corrected chi connectivity index (χ4v) is 4.50. The second-order valence-electron chi connectivity index (χ2n) is 8.72. The zero-order valence-corrected chi connectivity index (χ0v) is 20.0. The molecule has 10 nitrogen and oxygen atoms in total. The average molecular weight is 501 g/mol.